The van der Waals surface area contributed by atoms with Gasteiger partial charge in [-0.15, -0.1) is 0 Å². The van der Waals surface area contributed by atoms with Crippen molar-refractivity contribution in [3.05, 3.63) is 34.5 Å². The number of H-pyrrole nitrogens is 1. The molecule has 0 saturated carbocycles. The molecule has 0 amide bonds. The summed E-state index contributed by atoms with van der Waals surface area (Å²) in [6, 6.07) is 5.62. The van der Waals surface area contributed by atoms with E-state index in [1.165, 1.54) is 14.2 Å². The molecule has 2 aromatic rings. The van der Waals surface area contributed by atoms with Crippen LogP contribution in [-0.4, -0.2) is 31.1 Å². The zero-order valence-corrected chi connectivity index (χ0v) is 14.0. The Labute approximate surface area is 138 Å². The number of carbonyl (C=O) groups excluding carboxylic acids is 2. The van der Waals surface area contributed by atoms with Crippen LogP contribution < -0.4 is 0 Å². The van der Waals surface area contributed by atoms with Crippen molar-refractivity contribution in [2.24, 2.45) is 5.41 Å². The van der Waals surface area contributed by atoms with E-state index >= 15 is 0 Å². The predicted molar refractivity (Wildman–Crippen MR) is 86.5 cm³/mol. The van der Waals surface area contributed by atoms with Crippen molar-refractivity contribution in [3.63, 3.8) is 0 Å². The topological polar surface area (TPSA) is 68.4 Å². The first kappa shape index (κ1) is 15.9. The van der Waals surface area contributed by atoms with Crippen LogP contribution in [0.2, 0.25) is 5.02 Å². The molecule has 3 rings (SSSR count). The van der Waals surface area contributed by atoms with Gasteiger partial charge >= 0.3 is 11.9 Å². The molecule has 1 aromatic heterocycles. The van der Waals surface area contributed by atoms with E-state index in [1.54, 1.807) is 0 Å². The Kier molecular flexibility index (Phi) is 3.84. The molecular formula is C17H18ClNO4. The Balaban J connectivity index is 2.17. The summed E-state index contributed by atoms with van der Waals surface area (Å²) in [6.45, 7) is 1.99. The molecule has 1 unspecified atom stereocenters. The van der Waals surface area contributed by atoms with E-state index in [0.717, 1.165) is 22.2 Å². The molecule has 1 aromatic carbocycles. The van der Waals surface area contributed by atoms with Gasteiger partial charge in [-0.3, -0.25) is 9.59 Å². The summed E-state index contributed by atoms with van der Waals surface area (Å²) in [4.78, 5) is 28.0. The predicted octanol–water partition coefficient (Wildman–Crippen LogP) is 3.20. The molecule has 0 radical (unpaired) electrons. The maximum absolute atomic E-state index is 12.4. The quantitative estimate of drug-likeness (QED) is 0.676. The normalized spacial score (nSPS) is 19.2. The van der Waals surface area contributed by atoms with Crippen LogP contribution in [0.15, 0.2) is 18.2 Å². The number of benzene rings is 1. The minimum Gasteiger partial charge on any atom is -0.468 e. The van der Waals surface area contributed by atoms with Crippen LogP contribution in [0.1, 0.15) is 30.5 Å². The summed E-state index contributed by atoms with van der Waals surface area (Å²) in [5.74, 6) is -1.12. The molecule has 1 atom stereocenters. The second kappa shape index (κ2) is 5.57. The van der Waals surface area contributed by atoms with Gasteiger partial charge in [0.1, 0.15) is 0 Å². The number of aromatic amines is 1. The maximum atomic E-state index is 12.4. The molecule has 23 heavy (non-hydrogen) atoms. The molecular weight excluding hydrogens is 318 g/mol. The second-order valence-corrected chi connectivity index (χ2v) is 6.49. The fourth-order valence-corrected chi connectivity index (χ4v) is 3.90. The third-order valence-electron chi connectivity index (χ3n) is 4.66. The van der Waals surface area contributed by atoms with Gasteiger partial charge in [0.05, 0.1) is 14.2 Å². The SMILES string of the molecule is COC(=O)C1(C(=O)OC)Cc2[nH]c3ccc(Cl)cc3c2C(C)C1. The first-order valence-electron chi connectivity index (χ1n) is 7.39. The molecule has 0 saturated heterocycles. The smallest absolute Gasteiger partial charge is 0.323 e. The number of rotatable bonds is 2. The van der Waals surface area contributed by atoms with Gasteiger partial charge < -0.3 is 14.5 Å². The number of nitrogens with one attached hydrogen (secondary N) is 1. The van der Waals surface area contributed by atoms with E-state index in [-0.39, 0.29) is 12.3 Å². The van der Waals surface area contributed by atoms with Crippen molar-refractivity contribution < 1.29 is 19.1 Å². The molecule has 0 bridgehead atoms. The van der Waals surface area contributed by atoms with E-state index in [1.807, 2.05) is 25.1 Å². The highest BCUT2D eigenvalue weighted by atomic mass is 35.5. The largest absolute Gasteiger partial charge is 0.468 e. The fraction of sp³-hybridized carbons (Fsp3) is 0.412. The summed E-state index contributed by atoms with van der Waals surface area (Å²) in [5, 5.41) is 1.69. The van der Waals surface area contributed by atoms with Crippen molar-refractivity contribution >= 4 is 34.4 Å². The third kappa shape index (κ3) is 2.30. The summed E-state index contributed by atoms with van der Waals surface area (Å²) < 4.78 is 9.80. The van der Waals surface area contributed by atoms with E-state index in [9.17, 15) is 9.59 Å². The van der Waals surface area contributed by atoms with Gasteiger partial charge in [-0.25, -0.2) is 0 Å². The van der Waals surface area contributed by atoms with Gasteiger partial charge in [-0.05, 0) is 36.1 Å². The summed E-state index contributed by atoms with van der Waals surface area (Å²) in [5.41, 5.74) is 1.60. The minimum absolute atomic E-state index is 0.0100. The Bertz CT molecular complexity index is 779. The number of fused-ring (bicyclic) bond motifs is 3. The first-order valence-corrected chi connectivity index (χ1v) is 7.77. The first-order chi connectivity index (χ1) is 10.9. The van der Waals surface area contributed by atoms with Gasteiger partial charge in [0.2, 0.25) is 0 Å². The lowest BCUT2D eigenvalue weighted by Crippen LogP contribution is -2.46. The molecule has 1 aliphatic rings. The number of aromatic nitrogens is 1. The van der Waals surface area contributed by atoms with Crippen molar-refractivity contribution in [3.8, 4) is 0 Å². The van der Waals surface area contributed by atoms with E-state index < -0.39 is 17.4 Å². The van der Waals surface area contributed by atoms with E-state index in [0.29, 0.717) is 11.4 Å². The molecule has 122 valence electrons. The van der Waals surface area contributed by atoms with Crippen molar-refractivity contribution in [1.82, 2.24) is 4.98 Å². The lowest BCUT2D eigenvalue weighted by atomic mass is 9.69. The monoisotopic (exact) mass is 335 g/mol. The number of hydrogen-bond acceptors (Lipinski definition) is 4. The average molecular weight is 336 g/mol. The van der Waals surface area contributed by atoms with E-state index in [2.05, 4.69) is 4.98 Å². The van der Waals surface area contributed by atoms with Crippen LogP contribution in [0.5, 0.6) is 0 Å². The van der Waals surface area contributed by atoms with Gasteiger partial charge in [0.15, 0.2) is 5.41 Å². The summed E-state index contributed by atoms with van der Waals surface area (Å²) >= 11 is 6.11. The summed E-state index contributed by atoms with van der Waals surface area (Å²) in [7, 11) is 2.58. The van der Waals surface area contributed by atoms with Gasteiger partial charge in [0.25, 0.3) is 0 Å². The molecule has 0 aliphatic heterocycles. The highest BCUT2D eigenvalue weighted by Gasteiger charge is 2.53. The molecule has 1 heterocycles. The van der Waals surface area contributed by atoms with Crippen molar-refractivity contribution in [2.75, 3.05) is 14.2 Å². The van der Waals surface area contributed by atoms with Crippen LogP contribution in [0.25, 0.3) is 10.9 Å². The number of hydrogen-bond donors (Lipinski definition) is 1. The lowest BCUT2D eigenvalue weighted by Gasteiger charge is -2.35. The molecule has 6 heteroatoms. The van der Waals surface area contributed by atoms with Crippen LogP contribution >= 0.6 is 11.6 Å². The number of ether oxygens (including phenoxy) is 2. The third-order valence-corrected chi connectivity index (χ3v) is 4.90. The Morgan fingerprint density at radius 2 is 1.91 bits per heavy atom. The Morgan fingerprint density at radius 1 is 1.26 bits per heavy atom. The lowest BCUT2D eigenvalue weighted by molar-refractivity contribution is -0.170. The number of esters is 2. The molecule has 0 fully saturated rings. The molecule has 5 nitrogen and oxygen atoms in total. The Hall–Kier alpha value is -2.01. The molecule has 0 spiro atoms. The van der Waals surface area contributed by atoms with Crippen LogP contribution in [0, 0.1) is 5.41 Å². The van der Waals surface area contributed by atoms with Crippen LogP contribution in [0.4, 0.5) is 0 Å². The maximum Gasteiger partial charge on any atom is 0.323 e. The van der Waals surface area contributed by atoms with Crippen molar-refractivity contribution in [1.29, 1.82) is 0 Å². The van der Waals surface area contributed by atoms with Crippen LogP contribution in [-0.2, 0) is 25.5 Å². The van der Waals surface area contributed by atoms with E-state index in [4.69, 9.17) is 21.1 Å². The standard InChI is InChI=1S/C17H18ClNO4/c1-9-7-17(15(20)22-2,16(21)23-3)8-13-14(9)11-6-10(18)4-5-12(11)19-13/h4-6,9,19H,7-8H2,1-3H3. The van der Waals surface area contributed by atoms with Gasteiger partial charge in [-0.2, -0.15) is 0 Å². The van der Waals surface area contributed by atoms with Crippen molar-refractivity contribution in [2.45, 2.75) is 25.7 Å². The number of halogens is 1. The number of carbonyl (C=O) groups is 2. The number of methoxy groups -OCH3 is 2. The van der Waals surface area contributed by atoms with Crippen LogP contribution in [0.3, 0.4) is 0 Å². The average Bonchev–Trinajstić information content (AvgIpc) is 2.90. The van der Waals surface area contributed by atoms with Gasteiger partial charge in [-0.1, -0.05) is 18.5 Å². The minimum atomic E-state index is -1.30. The second-order valence-electron chi connectivity index (χ2n) is 6.05. The zero-order valence-electron chi connectivity index (χ0n) is 13.2. The highest BCUT2D eigenvalue weighted by Crippen LogP contribution is 2.46. The zero-order chi connectivity index (χ0) is 16.8. The fourth-order valence-electron chi connectivity index (χ4n) is 3.73. The molecule has 1 aliphatic carbocycles. The highest BCUT2D eigenvalue weighted by molar-refractivity contribution is 6.31. The Morgan fingerprint density at radius 3 is 2.52 bits per heavy atom. The summed E-state index contributed by atoms with van der Waals surface area (Å²) in [6.07, 6.45) is 0.580. The van der Waals surface area contributed by atoms with Gasteiger partial charge in [0, 0.05) is 28.0 Å². The molecule has 1 N–H and O–H groups in total.